The molecule has 2 aromatic rings. The second-order valence-electron chi connectivity index (χ2n) is 4.20. The SMILES string of the molecule is Cc1ccc(-c2cc(=S)[nH]c(=O)n2C)c(C)c1. The Bertz CT molecular complexity index is 683. The van der Waals surface area contributed by atoms with E-state index in [4.69, 9.17) is 12.2 Å². The van der Waals surface area contributed by atoms with Crippen LogP contribution in [0.15, 0.2) is 29.1 Å². The summed E-state index contributed by atoms with van der Waals surface area (Å²) < 4.78 is 2.04. The monoisotopic (exact) mass is 246 g/mol. The van der Waals surface area contributed by atoms with Crippen molar-refractivity contribution in [1.82, 2.24) is 9.55 Å². The number of benzene rings is 1. The van der Waals surface area contributed by atoms with Gasteiger partial charge in [-0.25, -0.2) is 4.79 Å². The number of H-pyrrole nitrogens is 1. The van der Waals surface area contributed by atoms with Gasteiger partial charge in [-0.15, -0.1) is 0 Å². The standard InChI is InChI=1S/C13H14N2OS/c1-8-4-5-10(9(2)6-8)11-7-12(17)14-13(16)15(11)3/h4-7H,1-3H3,(H,14,16,17). The Morgan fingerprint density at radius 2 is 1.94 bits per heavy atom. The van der Waals surface area contributed by atoms with Gasteiger partial charge in [0.05, 0.1) is 5.69 Å². The molecule has 17 heavy (non-hydrogen) atoms. The molecule has 0 saturated carbocycles. The molecule has 0 unspecified atom stereocenters. The fourth-order valence-corrected chi connectivity index (χ4v) is 2.11. The molecule has 1 aromatic heterocycles. The molecule has 0 radical (unpaired) electrons. The van der Waals surface area contributed by atoms with Crippen molar-refractivity contribution in [1.29, 1.82) is 0 Å². The molecule has 3 nitrogen and oxygen atoms in total. The van der Waals surface area contributed by atoms with E-state index in [-0.39, 0.29) is 5.69 Å². The van der Waals surface area contributed by atoms with Crippen molar-refractivity contribution in [3.63, 3.8) is 0 Å². The molecule has 0 aliphatic heterocycles. The van der Waals surface area contributed by atoms with E-state index in [1.807, 2.05) is 32.0 Å². The predicted molar refractivity (Wildman–Crippen MR) is 71.8 cm³/mol. The van der Waals surface area contributed by atoms with Gasteiger partial charge in [-0.3, -0.25) is 9.55 Å². The molecule has 2 rings (SSSR count). The highest BCUT2D eigenvalue weighted by Crippen LogP contribution is 2.22. The van der Waals surface area contributed by atoms with Gasteiger partial charge >= 0.3 is 5.69 Å². The van der Waals surface area contributed by atoms with Crippen LogP contribution in [0.25, 0.3) is 11.3 Å². The number of nitrogens with zero attached hydrogens (tertiary/aromatic N) is 1. The molecule has 0 aliphatic carbocycles. The third kappa shape index (κ3) is 2.22. The van der Waals surface area contributed by atoms with Crippen molar-refractivity contribution in [2.45, 2.75) is 13.8 Å². The quantitative estimate of drug-likeness (QED) is 0.786. The minimum atomic E-state index is -0.188. The Balaban J connectivity index is 2.77. The van der Waals surface area contributed by atoms with Crippen LogP contribution in [0.4, 0.5) is 0 Å². The number of nitrogens with one attached hydrogen (secondary N) is 1. The van der Waals surface area contributed by atoms with Crippen LogP contribution in [0.5, 0.6) is 0 Å². The van der Waals surface area contributed by atoms with E-state index in [0.29, 0.717) is 4.64 Å². The third-order valence-corrected chi connectivity index (χ3v) is 3.04. The summed E-state index contributed by atoms with van der Waals surface area (Å²) in [7, 11) is 1.74. The van der Waals surface area contributed by atoms with Crippen LogP contribution < -0.4 is 5.69 Å². The summed E-state index contributed by atoms with van der Waals surface area (Å²) in [6.45, 7) is 4.08. The van der Waals surface area contributed by atoms with Crippen LogP contribution in [0.2, 0.25) is 0 Å². The summed E-state index contributed by atoms with van der Waals surface area (Å²) >= 11 is 5.05. The molecule has 0 amide bonds. The molecule has 0 bridgehead atoms. The summed E-state index contributed by atoms with van der Waals surface area (Å²) in [5.74, 6) is 0. The molecule has 0 spiro atoms. The molecule has 0 aliphatic rings. The zero-order chi connectivity index (χ0) is 12.6. The highest BCUT2D eigenvalue weighted by atomic mass is 32.1. The summed E-state index contributed by atoms with van der Waals surface area (Å²) in [5.41, 5.74) is 4.04. The van der Waals surface area contributed by atoms with Crippen molar-refractivity contribution in [3.05, 3.63) is 50.5 Å². The summed E-state index contributed by atoms with van der Waals surface area (Å²) in [5, 5.41) is 0. The lowest BCUT2D eigenvalue weighted by atomic mass is 10.0. The minimum absolute atomic E-state index is 0.188. The van der Waals surface area contributed by atoms with E-state index in [1.54, 1.807) is 11.6 Å². The second-order valence-corrected chi connectivity index (χ2v) is 4.64. The van der Waals surface area contributed by atoms with Gasteiger partial charge in [0, 0.05) is 12.6 Å². The Labute approximate surface area is 105 Å². The molecule has 4 heteroatoms. The lowest BCUT2D eigenvalue weighted by Gasteiger charge is -2.11. The maximum Gasteiger partial charge on any atom is 0.326 e. The average Bonchev–Trinajstić information content (AvgIpc) is 2.24. The molecule has 1 N–H and O–H groups in total. The molecule has 0 fully saturated rings. The highest BCUT2D eigenvalue weighted by molar-refractivity contribution is 7.71. The van der Waals surface area contributed by atoms with E-state index in [1.165, 1.54) is 5.56 Å². The third-order valence-electron chi connectivity index (χ3n) is 2.82. The maximum absolute atomic E-state index is 11.7. The number of hydrogen-bond acceptors (Lipinski definition) is 2. The fourth-order valence-electron chi connectivity index (χ4n) is 1.92. The number of aromatic nitrogens is 2. The van der Waals surface area contributed by atoms with E-state index in [9.17, 15) is 4.79 Å². The molecule has 88 valence electrons. The molecular formula is C13H14N2OS. The predicted octanol–water partition coefficient (Wildman–Crippen LogP) is 2.73. The second kappa shape index (κ2) is 4.30. The average molecular weight is 246 g/mol. The summed E-state index contributed by atoms with van der Waals surface area (Å²) in [4.78, 5) is 14.3. The first kappa shape index (κ1) is 11.8. The number of rotatable bonds is 1. The number of hydrogen-bond donors (Lipinski definition) is 1. The van der Waals surface area contributed by atoms with E-state index >= 15 is 0 Å². The summed E-state index contributed by atoms with van der Waals surface area (Å²) in [6.07, 6.45) is 0. The van der Waals surface area contributed by atoms with Crippen LogP contribution >= 0.6 is 12.2 Å². The number of aromatic amines is 1. The first-order valence-electron chi connectivity index (χ1n) is 5.37. The minimum Gasteiger partial charge on any atom is -0.298 e. The van der Waals surface area contributed by atoms with Crippen LogP contribution in [0.3, 0.4) is 0 Å². The van der Waals surface area contributed by atoms with E-state index in [0.717, 1.165) is 16.8 Å². The van der Waals surface area contributed by atoms with Crippen molar-refractivity contribution in [2.75, 3.05) is 0 Å². The largest absolute Gasteiger partial charge is 0.326 e. The first-order chi connectivity index (χ1) is 7.99. The van der Waals surface area contributed by atoms with Gasteiger partial charge in [-0.05, 0) is 25.5 Å². The molecule has 1 aromatic carbocycles. The van der Waals surface area contributed by atoms with Gasteiger partial charge in [-0.2, -0.15) is 0 Å². The zero-order valence-corrected chi connectivity index (χ0v) is 10.9. The maximum atomic E-state index is 11.7. The van der Waals surface area contributed by atoms with Crippen LogP contribution in [-0.4, -0.2) is 9.55 Å². The van der Waals surface area contributed by atoms with Crippen molar-refractivity contribution >= 4 is 12.2 Å². The van der Waals surface area contributed by atoms with Crippen LogP contribution in [-0.2, 0) is 7.05 Å². The van der Waals surface area contributed by atoms with Gasteiger partial charge in [-0.1, -0.05) is 36.0 Å². The molecule has 0 atom stereocenters. The van der Waals surface area contributed by atoms with Gasteiger partial charge in [0.2, 0.25) is 0 Å². The van der Waals surface area contributed by atoms with Crippen LogP contribution in [0.1, 0.15) is 11.1 Å². The van der Waals surface area contributed by atoms with E-state index < -0.39 is 0 Å². The Kier molecular flexibility index (Phi) is 2.98. The Hall–Kier alpha value is -1.68. The zero-order valence-electron chi connectivity index (χ0n) is 10.1. The van der Waals surface area contributed by atoms with E-state index in [2.05, 4.69) is 11.1 Å². The van der Waals surface area contributed by atoms with Crippen molar-refractivity contribution in [2.24, 2.45) is 7.05 Å². The lowest BCUT2D eigenvalue weighted by molar-refractivity contribution is 0.815. The lowest BCUT2D eigenvalue weighted by Crippen LogP contribution is -2.21. The Morgan fingerprint density at radius 3 is 2.59 bits per heavy atom. The Morgan fingerprint density at radius 1 is 1.24 bits per heavy atom. The molecule has 1 heterocycles. The van der Waals surface area contributed by atoms with Crippen molar-refractivity contribution < 1.29 is 0 Å². The van der Waals surface area contributed by atoms with Crippen LogP contribution in [0, 0.1) is 18.5 Å². The fraction of sp³-hybridized carbons (Fsp3) is 0.231. The number of aryl methyl sites for hydroxylation is 2. The van der Waals surface area contributed by atoms with Crippen molar-refractivity contribution in [3.8, 4) is 11.3 Å². The molecule has 0 saturated heterocycles. The van der Waals surface area contributed by atoms with Gasteiger partial charge in [0.15, 0.2) is 0 Å². The van der Waals surface area contributed by atoms with Gasteiger partial charge in [0.1, 0.15) is 4.64 Å². The molecular weight excluding hydrogens is 232 g/mol. The smallest absolute Gasteiger partial charge is 0.298 e. The topological polar surface area (TPSA) is 37.8 Å². The highest BCUT2D eigenvalue weighted by Gasteiger charge is 2.06. The summed E-state index contributed by atoms with van der Waals surface area (Å²) in [6, 6.07) is 7.97. The van der Waals surface area contributed by atoms with Gasteiger partial charge in [0.25, 0.3) is 0 Å². The normalized spacial score (nSPS) is 10.5. The van der Waals surface area contributed by atoms with Gasteiger partial charge < -0.3 is 0 Å². The first-order valence-corrected chi connectivity index (χ1v) is 5.78.